The zero-order valence-electron chi connectivity index (χ0n) is 16.2. The molecular formula is C20H31NO3S. The van der Waals surface area contributed by atoms with Crippen molar-refractivity contribution < 1.29 is 14.3 Å². The first-order valence-electron chi connectivity index (χ1n) is 9.32. The molecule has 1 aromatic heterocycles. The quantitative estimate of drug-likeness (QED) is 0.706. The summed E-state index contributed by atoms with van der Waals surface area (Å²) in [7, 11) is 0. The molecule has 1 aromatic rings. The third-order valence-corrected chi connectivity index (χ3v) is 6.22. The van der Waals surface area contributed by atoms with Gasteiger partial charge in [0.1, 0.15) is 0 Å². The Bertz CT molecular complexity index is 615. The molecule has 0 aliphatic heterocycles. The van der Waals surface area contributed by atoms with Gasteiger partial charge in [-0.1, -0.05) is 20.8 Å². The summed E-state index contributed by atoms with van der Waals surface area (Å²) in [4.78, 5) is 27.6. The number of rotatable bonds is 6. The third-order valence-electron chi connectivity index (χ3n) is 5.17. The van der Waals surface area contributed by atoms with Crippen molar-refractivity contribution in [2.75, 3.05) is 19.7 Å². The van der Waals surface area contributed by atoms with Crippen LogP contribution in [0.1, 0.15) is 68.3 Å². The number of thiophene rings is 1. The van der Waals surface area contributed by atoms with Crippen molar-refractivity contribution in [3.8, 4) is 0 Å². The minimum absolute atomic E-state index is 0.0542. The van der Waals surface area contributed by atoms with Crippen LogP contribution in [0, 0.1) is 11.3 Å². The van der Waals surface area contributed by atoms with Crippen LogP contribution < -0.4 is 0 Å². The Hall–Kier alpha value is -1.36. The van der Waals surface area contributed by atoms with Crippen molar-refractivity contribution in [1.82, 2.24) is 4.90 Å². The fraction of sp³-hybridized carbons (Fsp3) is 0.700. The Morgan fingerprint density at radius 2 is 2.04 bits per heavy atom. The second-order valence-electron chi connectivity index (χ2n) is 7.80. The van der Waals surface area contributed by atoms with E-state index in [1.54, 1.807) is 23.2 Å². The molecule has 0 fully saturated rings. The lowest BCUT2D eigenvalue weighted by molar-refractivity contribution is -0.143. The first-order valence-corrected chi connectivity index (χ1v) is 10.2. The van der Waals surface area contributed by atoms with Gasteiger partial charge in [0.25, 0.3) is 5.91 Å². The molecular weight excluding hydrogens is 334 g/mol. The predicted octanol–water partition coefficient (Wildman–Crippen LogP) is 4.31. The number of esters is 1. The first kappa shape index (κ1) is 20.0. The largest absolute Gasteiger partial charge is 0.466 e. The van der Waals surface area contributed by atoms with E-state index in [1.165, 1.54) is 10.4 Å². The Labute approximate surface area is 155 Å². The second-order valence-corrected chi connectivity index (χ2v) is 8.76. The van der Waals surface area contributed by atoms with Gasteiger partial charge in [0.05, 0.1) is 18.6 Å². The molecule has 25 heavy (non-hydrogen) atoms. The minimum atomic E-state index is -0.242. The molecule has 4 nitrogen and oxygen atoms in total. The Balaban J connectivity index is 2.07. The van der Waals surface area contributed by atoms with Crippen molar-refractivity contribution >= 4 is 23.2 Å². The number of amides is 1. The molecule has 0 spiro atoms. The Kier molecular flexibility index (Phi) is 6.66. The number of hydrogen-bond donors (Lipinski definition) is 0. The van der Waals surface area contributed by atoms with Crippen LogP contribution in [0.25, 0.3) is 0 Å². The van der Waals surface area contributed by atoms with Crippen LogP contribution in [0.5, 0.6) is 0 Å². The Morgan fingerprint density at radius 3 is 2.64 bits per heavy atom. The highest BCUT2D eigenvalue weighted by Crippen LogP contribution is 2.40. The Morgan fingerprint density at radius 1 is 1.32 bits per heavy atom. The summed E-state index contributed by atoms with van der Waals surface area (Å²) in [6, 6.07) is 0. The monoisotopic (exact) mass is 365 g/mol. The number of nitrogens with zero attached hydrogens (tertiary/aromatic N) is 1. The van der Waals surface area contributed by atoms with Crippen molar-refractivity contribution in [3.05, 3.63) is 21.4 Å². The molecule has 0 aromatic carbocycles. The lowest BCUT2D eigenvalue weighted by Gasteiger charge is -2.34. The van der Waals surface area contributed by atoms with Gasteiger partial charge in [-0.25, -0.2) is 0 Å². The molecule has 1 amide bonds. The van der Waals surface area contributed by atoms with Gasteiger partial charge in [-0.05, 0) is 50.0 Å². The lowest BCUT2D eigenvalue weighted by atomic mass is 9.72. The van der Waals surface area contributed by atoms with E-state index in [0.29, 0.717) is 31.0 Å². The fourth-order valence-electron chi connectivity index (χ4n) is 3.46. The zero-order chi connectivity index (χ0) is 18.6. The van der Waals surface area contributed by atoms with Crippen LogP contribution in [0.2, 0.25) is 0 Å². The maximum atomic E-state index is 12.9. The van der Waals surface area contributed by atoms with Gasteiger partial charge < -0.3 is 9.64 Å². The zero-order valence-corrected chi connectivity index (χ0v) is 17.0. The van der Waals surface area contributed by atoms with Crippen molar-refractivity contribution in [1.29, 1.82) is 0 Å². The third kappa shape index (κ3) is 4.84. The van der Waals surface area contributed by atoms with Gasteiger partial charge >= 0.3 is 5.97 Å². The number of carbonyl (C=O) groups excluding carboxylic acids is 2. The summed E-state index contributed by atoms with van der Waals surface area (Å²) in [6.07, 6.45) is 3.46. The van der Waals surface area contributed by atoms with Crippen LogP contribution in [0.3, 0.4) is 0 Å². The maximum Gasteiger partial charge on any atom is 0.307 e. The van der Waals surface area contributed by atoms with Crippen molar-refractivity contribution in [3.63, 3.8) is 0 Å². The molecule has 1 atom stereocenters. The second kappa shape index (κ2) is 8.35. The van der Waals surface area contributed by atoms with E-state index in [9.17, 15) is 9.59 Å². The SMILES string of the molecule is CCOC(=O)CCN(CC)C(=O)c1csc2c1CCC(C(C)(C)C)C2. The normalized spacial score (nSPS) is 17.1. The molecule has 0 saturated carbocycles. The molecule has 1 aliphatic carbocycles. The van der Waals surface area contributed by atoms with Crippen LogP contribution in [-0.4, -0.2) is 36.5 Å². The van der Waals surface area contributed by atoms with Gasteiger partial charge in [0, 0.05) is 23.3 Å². The van der Waals surface area contributed by atoms with E-state index in [1.807, 2.05) is 12.3 Å². The summed E-state index contributed by atoms with van der Waals surface area (Å²) in [5.41, 5.74) is 2.39. The smallest absolute Gasteiger partial charge is 0.307 e. The van der Waals surface area contributed by atoms with Crippen molar-refractivity contribution in [2.45, 2.75) is 60.3 Å². The van der Waals surface area contributed by atoms with Gasteiger partial charge in [-0.3, -0.25) is 9.59 Å². The summed E-state index contributed by atoms with van der Waals surface area (Å²) in [6.45, 7) is 12.1. The summed E-state index contributed by atoms with van der Waals surface area (Å²) < 4.78 is 4.97. The standard InChI is InChI=1S/C20H31NO3S/c1-6-21(11-10-18(22)24-7-2)19(23)16-13-25-17-12-14(20(3,4)5)8-9-15(16)17/h13-14H,6-12H2,1-5H3. The molecule has 140 valence electrons. The number of hydrogen-bond acceptors (Lipinski definition) is 4. The van der Waals surface area contributed by atoms with E-state index in [-0.39, 0.29) is 18.3 Å². The average Bonchev–Trinajstić information content (AvgIpc) is 2.97. The van der Waals surface area contributed by atoms with Gasteiger partial charge in [0.2, 0.25) is 0 Å². The maximum absolute atomic E-state index is 12.9. The molecule has 0 bridgehead atoms. The van der Waals surface area contributed by atoms with Crippen LogP contribution in [0.15, 0.2) is 5.38 Å². The molecule has 0 radical (unpaired) electrons. The van der Waals surface area contributed by atoms with Crippen LogP contribution in [0.4, 0.5) is 0 Å². The van der Waals surface area contributed by atoms with Crippen molar-refractivity contribution in [2.24, 2.45) is 11.3 Å². The summed E-state index contributed by atoms with van der Waals surface area (Å²) >= 11 is 1.72. The van der Waals surface area contributed by atoms with Crippen LogP contribution in [-0.2, 0) is 22.4 Å². The molecule has 0 N–H and O–H groups in total. The highest BCUT2D eigenvalue weighted by atomic mass is 32.1. The summed E-state index contributed by atoms with van der Waals surface area (Å²) in [5.74, 6) is 0.486. The molecule has 1 unspecified atom stereocenters. The number of fused-ring (bicyclic) bond motifs is 1. The molecule has 0 saturated heterocycles. The van der Waals surface area contributed by atoms with E-state index in [4.69, 9.17) is 4.74 Å². The summed E-state index contributed by atoms with van der Waals surface area (Å²) in [5, 5.41) is 2.02. The number of ether oxygens (including phenoxy) is 1. The molecule has 5 heteroatoms. The molecule has 1 aliphatic rings. The lowest BCUT2D eigenvalue weighted by Crippen LogP contribution is -2.34. The molecule has 1 heterocycles. The van der Waals surface area contributed by atoms with Gasteiger partial charge in [0.15, 0.2) is 0 Å². The van der Waals surface area contributed by atoms with Crippen LogP contribution >= 0.6 is 11.3 Å². The predicted molar refractivity (Wildman–Crippen MR) is 102 cm³/mol. The van der Waals surface area contributed by atoms with Gasteiger partial charge in [-0.15, -0.1) is 11.3 Å². The number of carbonyl (C=O) groups is 2. The van der Waals surface area contributed by atoms with E-state index in [2.05, 4.69) is 20.8 Å². The molecule has 2 rings (SSSR count). The van der Waals surface area contributed by atoms with E-state index < -0.39 is 0 Å². The van der Waals surface area contributed by atoms with E-state index in [0.717, 1.165) is 24.8 Å². The average molecular weight is 366 g/mol. The highest BCUT2D eigenvalue weighted by molar-refractivity contribution is 7.10. The highest BCUT2D eigenvalue weighted by Gasteiger charge is 2.32. The minimum Gasteiger partial charge on any atom is -0.466 e. The first-order chi connectivity index (χ1) is 11.8. The van der Waals surface area contributed by atoms with E-state index >= 15 is 0 Å². The topological polar surface area (TPSA) is 46.6 Å². The fourth-order valence-corrected chi connectivity index (χ4v) is 4.62. The van der Waals surface area contributed by atoms with Gasteiger partial charge in [-0.2, -0.15) is 0 Å².